The van der Waals surface area contributed by atoms with Gasteiger partial charge >= 0.3 is 0 Å². The summed E-state index contributed by atoms with van der Waals surface area (Å²) in [7, 11) is 0. The molecule has 0 unspecified atom stereocenters. The highest BCUT2D eigenvalue weighted by atomic mass is 79.9. The van der Waals surface area contributed by atoms with E-state index in [1.165, 1.54) is 12.1 Å². The number of hydrogen-bond acceptors (Lipinski definition) is 5. The van der Waals surface area contributed by atoms with Crippen LogP contribution in [0.5, 0.6) is 0 Å². The Bertz CT molecular complexity index is 871. The molecular formula is C17H12BrN3O3. The highest BCUT2D eigenvalue weighted by Crippen LogP contribution is 2.24. The molecule has 0 radical (unpaired) electrons. The predicted octanol–water partition coefficient (Wildman–Crippen LogP) is 5.06. The summed E-state index contributed by atoms with van der Waals surface area (Å²) in [6, 6.07) is 17.4. The molecule has 0 saturated carbocycles. The molecular weight excluding hydrogens is 374 g/mol. The van der Waals surface area contributed by atoms with E-state index in [2.05, 4.69) is 26.5 Å². The summed E-state index contributed by atoms with van der Waals surface area (Å²) < 4.78 is 6.66. The zero-order valence-corrected chi connectivity index (χ0v) is 13.9. The second kappa shape index (κ2) is 7.10. The molecule has 0 aliphatic carbocycles. The molecule has 1 aromatic heterocycles. The van der Waals surface area contributed by atoms with Crippen molar-refractivity contribution in [2.24, 2.45) is 5.10 Å². The maximum atomic E-state index is 10.7. The van der Waals surface area contributed by atoms with Crippen LogP contribution in [0.2, 0.25) is 0 Å². The lowest BCUT2D eigenvalue weighted by atomic mass is 10.1. The van der Waals surface area contributed by atoms with Gasteiger partial charge in [0.15, 0.2) is 0 Å². The molecule has 1 heterocycles. The topological polar surface area (TPSA) is 80.7 Å². The molecule has 3 aromatic rings. The lowest BCUT2D eigenvalue weighted by Gasteiger charge is -1.99. The van der Waals surface area contributed by atoms with Gasteiger partial charge in [-0.15, -0.1) is 0 Å². The SMILES string of the molecule is O=[N+]([O-])c1ccc(-c2ccc(/C=N\Nc3ccc(Br)cc3)o2)cc1. The van der Waals surface area contributed by atoms with Crippen LogP contribution in [0, 0.1) is 10.1 Å². The first-order chi connectivity index (χ1) is 11.6. The Morgan fingerprint density at radius 2 is 1.75 bits per heavy atom. The smallest absolute Gasteiger partial charge is 0.269 e. The van der Waals surface area contributed by atoms with Gasteiger partial charge in [-0.25, -0.2) is 0 Å². The van der Waals surface area contributed by atoms with Crippen molar-refractivity contribution in [2.45, 2.75) is 0 Å². The average molecular weight is 386 g/mol. The third-order valence-corrected chi connectivity index (χ3v) is 3.75. The van der Waals surface area contributed by atoms with Crippen LogP contribution in [0.3, 0.4) is 0 Å². The van der Waals surface area contributed by atoms with Crippen molar-refractivity contribution >= 4 is 33.5 Å². The number of hydrogen-bond donors (Lipinski definition) is 1. The van der Waals surface area contributed by atoms with E-state index < -0.39 is 4.92 Å². The number of benzene rings is 2. The Morgan fingerprint density at radius 1 is 1.04 bits per heavy atom. The Kier molecular flexibility index (Phi) is 4.72. The zero-order valence-electron chi connectivity index (χ0n) is 12.3. The molecule has 0 aliphatic heterocycles. The third-order valence-electron chi connectivity index (χ3n) is 3.22. The van der Waals surface area contributed by atoms with Gasteiger partial charge in [0.05, 0.1) is 16.8 Å². The van der Waals surface area contributed by atoms with Crippen molar-refractivity contribution in [3.8, 4) is 11.3 Å². The quantitative estimate of drug-likeness (QED) is 0.377. The van der Waals surface area contributed by atoms with Crippen LogP contribution in [-0.4, -0.2) is 11.1 Å². The highest BCUT2D eigenvalue weighted by Gasteiger charge is 2.07. The maximum absolute atomic E-state index is 10.7. The molecule has 0 spiro atoms. The summed E-state index contributed by atoms with van der Waals surface area (Å²) in [5.74, 6) is 1.20. The number of non-ortho nitro benzene ring substituents is 1. The summed E-state index contributed by atoms with van der Waals surface area (Å²) >= 11 is 3.37. The molecule has 24 heavy (non-hydrogen) atoms. The molecule has 6 nitrogen and oxygen atoms in total. The Labute approximate surface area is 146 Å². The van der Waals surface area contributed by atoms with Crippen LogP contribution >= 0.6 is 15.9 Å². The van der Waals surface area contributed by atoms with E-state index in [0.717, 1.165) is 15.7 Å². The minimum Gasteiger partial charge on any atom is -0.455 e. The largest absolute Gasteiger partial charge is 0.455 e. The van der Waals surface area contributed by atoms with Gasteiger partial charge in [0.25, 0.3) is 5.69 Å². The van der Waals surface area contributed by atoms with Gasteiger partial charge < -0.3 is 4.42 Å². The summed E-state index contributed by atoms with van der Waals surface area (Å²) in [4.78, 5) is 10.2. The molecule has 7 heteroatoms. The first kappa shape index (κ1) is 15.9. The van der Waals surface area contributed by atoms with Gasteiger partial charge in [0.1, 0.15) is 11.5 Å². The van der Waals surface area contributed by atoms with Crippen LogP contribution in [0.25, 0.3) is 11.3 Å². The zero-order chi connectivity index (χ0) is 16.9. The van der Waals surface area contributed by atoms with Crippen LogP contribution in [0.15, 0.2) is 74.7 Å². The van der Waals surface area contributed by atoms with E-state index in [4.69, 9.17) is 4.42 Å². The molecule has 0 fully saturated rings. The van der Waals surface area contributed by atoms with Crippen molar-refractivity contribution in [3.63, 3.8) is 0 Å². The van der Waals surface area contributed by atoms with Crippen LogP contribution in [-0.2, 0) is 0 Å². The van der Waals surface area contributed by atoms with Gasteiger partial charge in [0, 0.05) is 22.2 Å². The fourth-order valence-electron chi connectivity index (χ4n) is 2.02. The van der Waals surface area contributed by atoms with Crippen LogP contribution in [0.1, 0.15) is 5.76 Å². The minimum atomic E-state index is -0.433. The van der Waals surface area contributed by atoms with Crippen LogP contribution < -0.4 is 5.43 Å². The molecule has 0 saturated heterocycles. The van der Waals surface area contributed by atoms with Crippen LogP contribution in [0.4, 0.5) is 11.4 Å². The molecule has 3 rings (SSSR count). The number of rotatable bonds is 5. The number of nitro groups is 1. The van der Waals surface area contributed by atoms with Crippen molar-refractivity contribution in [2.75, 3.05) is 5.43 Å². The Balaban J connectivity index is 1.67. The fourth-order valence-corrected chi connectivity index (χ4v) is 2.28. The maximum Gasteiger partial charge on any atom is 0.269 e. The molecule has 0 bridgehead atoms. The summed E-state index contributed by atoms with van der Waals surface area (Å²) in [6.45, 7) is 0. The first-order valence-electron chi connectivity index (χ1n) is 7.01. The third kappa shape index (κ3) is 3.88. The number of anilines is 1. The number of nitrogens with one attached hydrogen (secondary N) is 1. The first-order valence-corrected chi connectivity index (χ1v) is 7.80. The van der Waals surface area contributed by atoms with E-state index in [-0.39, 0.29) is 5.69 Å². The highest BCUT2D eigenvalue weighted by molar-refractivity contribution is 9.10. The van der Waals surface area contributed by atoms with E-state index in [1.54, 1.807) is 30.5 Å². The number of nitro benzene ring substituents is 1. The van der Waals surface area contributed by atoms with E-state index in [9.17, 15) is 10.1 Å². The second-order valence-corrected chi connectivity index (χ2v) is 5.80. The average Bonchev–Trinajstić information content (AvgIpc) is 3.06. The van der Waals surface area contributed by atoms with Crippen molar-refractivity contribution < 1.29 is 9.34 Å². The lowest BCUT2D eigenvalue weighted by Crippen LogP contribution is -1.89. The van der Waals surface area contributed by atoms with E-state index >= 15 is 0 Å². The van der Waals surface area contributed by atoms with E-state index in [1.807, 2.05) is 24.3 Å². The summed E-state index contributed by atoms with van der Waals surface area (Å²) in [5, 5.41) is 14.8. The van der Waals surface area contributed by atoms with Crippen molar-refractivity contribution in [1.82, 2.24) is 0 Å². The fraction of sp³-hybridized carbons (Fsp3) is 0. The van der Waals surface area contributed by atoms with Crippen molar-refractivity contribution in [1.29, 1.82) is 0 Å². The number of nitrogens with zero attached hydrogens (tertiary/aromatic N) is 2. The molecule has 2 aromatic carbocycles. The van der Waals surface area contributed by atoms with Gasteiger partial charge in [-0.05, 0) is 48.5 Å². The van der Waals surface area contributed by atoms with Gasteiger partial charge in [0.2, 0.25) is 0 Å². The minimum absolute atomic E-state index is 0.0470. The molecule has 120 valence electrons. The molecule has 1 N–H and O–H groups in total. The lowest BCUT2D eigenvalue weighted by molar-refractivity contribution is -0.384. The molecule has 0 aliphatic rings. The number of halogens is 1. The predicted molar refractivity (Wildman–Crippen MR) is 96.2 cm³/mol. The summed E-state index contributed by atoms with van der Waals surface area (Å²) in [6.07, 6.45) is 1.57. The van der Waals surface area contributed by atoms with Gasteiger partial charge in [-0.1, -0.05) is 15.9 Å². The monoisotopic (exact) mass is 385 g/mol. The standard InChI is InChI=1S/C17H12BrN3O3/c18-13-3-5-14(6-4-13)20-19-11-16-9-10-17(24-16)12-1-7-15(8-2-12)21(22)23/h1-11,20H/b19-11-. The number of hydrazone groups is 1. The number of furan rings is 1. The Hall–Kier alpha value is -2.93. The molecule has 0 atom stereocenters. The van der Waals surface area contributed by atoms with E-state index in [0.29, 0.717) is 11.5 Å². The van der Waals surface area contributed by atoms with Gasteiger partial charge in [-0.3, -0.25) is 15.5 Å². The normalized spacial score (nSPS) is 10.9. The second-order valence-electron chi connectivity index (χ2n) is 4.88. The molecule has 0 amide bonds. The van der Waals surface area contributed by atoms with Crippen molar-refractivity contribution in [3.05, 3.63) is 81.0 Å². The Morgan fingerprint density at radius 3 is 2.42 bits per heavy atom. The summed E-state index contributed by atoms with van der Waals surface area (Å²) in [5.41, 5.74) is 4.57. The van der Waals surface area contributed by atoms with Gasteiger partial charge in [-0.2, -0.15) is 5.10 Å².